The highest BCUT2D eigenvalue weighted by Crippen LogP contribution is 2.27. The molecule has 7 heteroatoms. The van der Waals surface area contributed by atoms with E-state index in [1.165, 1.54) is 18.4 Å². The van der Waals surface area contributed by atoms with E-state index in [2.05, 4.69) is 48.7 Å². The molecule has 0 aliphatic carbocycles. The van der Waals surface area contributed by atoms with Crippen molar-refractivity contribution >= 4 is 11.3 Å². The number of nitrogens with one attached hydrogen (secondary N) is 1. The van der Waals surface area contributed by atoms with Gasteiger partial charge in [-0.3, -0.25) is 4.90 Å². The second-order valence-corrected chi connectivity index (χ2v) is 7.74. The predicted molar refractivity (Wildman–Crippen MR) is 111 cm³/mol. The summed E-state index contributed by atoms with van der Waals surface area (Å²) < 4.78 is 5.43. The average molecular weight is 396 g/mol. The van der Waals surface area contributed by atoms with E-state index in [1.54, 1.807) is 30.8 Å². The van der Waals surface area contributed by atoms with Gasteiger partial charge in [0.15, 0.2) is 10.8 Å². The molecule has 1 unspecified atom stereocenters. The fourth-order valence-electron chi connectivity index (χ4n) is 3.60. The number of likely N-dealkylation sites (tertiary alicyclic amines) is 1. The monoisotopic (exact) mass is 395 g/mol. The van der Waals surface area contributed by atoms with Gasteiger partial charge in [-0.25, -0.2) is 15.0 Å². The summed E-state index contributed by atoms with van der Waals surface area (Å²) in [5.41, 5.74) is 2.32. The van der Waals surface area contributed by atoms with Crippen LogP contribution in [-0.2, 0) is 6.54 Å². The van der Waals surface area contributed by atoms with Crippen LogP contribution in [0, 0.1) is 0 Å². The zero-order valence-electron chi connectivity index (χ0n) is 16.0. The molecule has 1 atom stereocenters. The molecule has 0 spiro atoms. The molecule has 1 fully saturated rings. The summed E-state index contributed by atoms with van der Waals surface area (Å²) >= 11 is 1.59. The Kier molecular flexibility index (Phi) is 6.26. The molecule has 1 N–H and O–H groups in total. The third-order valence-corrected chi connectivity index (χ3v) is 5.90. The third-order valence-electron chi connectivity index (χ3n) is 5.01. The molecule has 28 heavy (non-hydrogen) atoms. The van der Waals surface area contributed by atoms with Crippen molar-refractivity contribution < 1.29 is 4.74 Å². The van der Waals surface area contributed by atoms with Crippen LogP contribution in [0.3, 0.4) is 0 Å². The molecule has 1 aromatic carbocycles. The number of ether oxygens (including phenoxy) is 1. The molecule has 0 amide bonds. The number of thiazole rings is 1. The molecule has 3 aromatic rings. The predicted octanol–water partition coefficient (Wildman–Crippen LogP) is 3.54. The van der Waals surface area contributed by atoms with Gasteiger partial charge in [0.05, 0.1) is 12.8 Å². The van der Waals surface area contributed by atoms with Crippen LogP contribution in [0.5, 0.6) is 5.75 Å². The number of hydrogen-bond donors (Lipinski definition) is 1. The van der Waals surface area contributed by atoms with Crippen LogP contribution in [0.15, 0.2) is 48.1 Å². The molecule has 6 nitrogen and oxygen atoms in total. The molecule has 146 valence electrons. The smallest absolute Gasteiger partial charge is 0.188 e. The summed E-state index contributed by atoms with van der Waals surface area (Å²) in [5, 5.41) is 6.54. The van der Waals surface area contributed by atoms with Crippen molar-refractivity contribution in [1.82, 2.24) is 25.2 Å². The summed E-state index contributed by atoms with van der Waals surface area (Å²) in [6, 6.07) is 10.6. The van der Waals surface area contributed by atoms with Gasteiger partial charge in [-0.15, -0.1) is 11.3 Å². The third kappa shape index (κ3) is 4.55. The average Bonchev–Trinajstić information content (AvgIpc) is 3.44. The SMILES string of the molecule is COc1cccc(C(CNCc2csc(-c3ncccn3)n2)N2CCCC2)c1. The van der Waals surface area contributed by atoms with Crippen LogP contribution in [0.2, 0.25) is 0 Å². The van der Waals surface area contributed by atoms with Gasteiger partial charge in [-0.05, 0) is 49.7 Å². The molecule has 1 saturated heterocycles. The number of hydrogen-bond acceptors (Lipinski definition) is 7. The fourth-order valence-corrected chi connectivity index (χ4v) is 4.36. The molecular formula is C21H25N5OS. The molecule has 4 rings (SSSR count). The number of methoxy groups -OCH3 is 1. The van der Waals surface area contributed by atoms with Crippen molar-refractivity contribution in [2.45, 2.75) is 25.4 Å². The van der Waals surface area contributed by atoms with Gasteiger partial charge in [0.2, 0.25) is 0 Å². The minimum absolute atomic E-state index is 0.341. The summed E-state index contributed by atoms with van der Waals surface area (Å²) in [4.78, 5) is 15.8. The lowest BCUT2D eigenvalue weighted by Gasteiger charge is -2.28. The Bertz CT molecular complexity index is 879. The van der Waals surface area contributed by atoms with Gasteiger partial charge in [-0.1, -0.05) is 12.1 Å². The maximum absolute atomic E-state index is 5.43. The second kappa shape index (κ2) is 9.23. The van der Waals surface area contributed by atoms with Crippen LogP contribution < -0.4 is 10.1 Å². The molecular weight excluding hydrogens is 370 g/mol. The highest BCUT2D eigenvalue weighted by atomic mass is 32.1. The van der Waals surface area contributed by atoms with Crippen LogP contribution in [0.4, 0.5) is 0 Å². The van der Waals surface area contributed by atoms with E-state index >= 15 is 0 Å². The summed E-state index contributed by atoms with van der Waals surface area (Å²) in [6.45, 7) is 3.91. The highest BCUT2D eigenvalue weighted by molar-refractivity contribution is 7.13. The van der Waals surface area contributed by atoms with Gasteiger partial charge in [0.25, 0.3) is 0 Å². The number of rotatable bonds is 8. The Morgan fingerprint density at radius 2 is 2.00 bits per heavy atom. The Morgan fingerprint density at radius 1 is 1.18 bits per heavy atom. The van der Waals surface area contributed by atoms with Crippen molar-refractivity contribution in [3.8, 4) is 16.6 Å². The van der Waals surface area contributed by atoms with E-state index in [0.717, 1.165) is 42.6 Å². The minimum atomic E-state index is 0.341. The first-order valence-electron chi connectivity index (χ1n) is 9.64. The van der Waals surface area contributed by atoms with Gasteiger partial charge in [0.1, 0.15) is 5.75 Å². The van der Waals surface area contributed by atoms with Crippen molar-refractivity contribution in [3.63, 3.8) is 0 Å². The molecule has 0 saturated carbocycles. The van der Waals surface area contributed by atoms with Crippen molar-refractivity contribution in [2.24, 2.45) is 0 Å². The van der Waals surface area contributed by atoms with E-state index in [0.29, 0.717) is 11.9 Å². The van der Waals surface area contributed by atoms with E-state index in [4.69, 9.17) is 4.74 Å². The van der Waals surface area contributed by atoms with E-state index in [9.17, 15) is 0 Å². The van der Waals surface area contributed by atoms with Gasteiger partial charge >= 0.3 is 0 Å². The topological polar surface area (TPSA) is 63.2 Å². The molecule has 0 bridgehead atoms. The van der Waals surface area contributed by atoms with Crippen LogP contribution in [-0.4, -0.2) is 46.6 Å². The maximum atomic E-state index is 5.43. The van der Waals surface area contributed by atoms with E-state index < -0.39 is 0 Å². The van der Waals surface area contributed by atoms with Gasteiger partial charge in [0, 0.05) is 36.9 Å². The van der Waals surface area contributed by atoms with Crippen LogP contribution in [0.25, 0.3) is 10.8 Å². The van der Waals surface area contributed by atoms with E-state index in [1.807, 2.05) is 12.1 Å². The quantitative estimate of drug-likeness (QED) is 0.629. The molecule has 0 radical (unpaired) electrons. The van der Waals surface area contributed by atoms with Crippen LogP contribution in [0.1, 0.15) is 30.1 Å². The summed E-state index contributed by atoms with van der Waals surface area (Å²) in [7, 11) is 1.72. The zero-order valence-corrected chi connectivity index (χ0v) is 16.9. The summed E-state index contributed by atoms with van der Waals surface area (Å²) in [5.74, 6) is 1.60. The zero-order chi connectivity index (χ0) is 19.2. The van der Waals surface area contributed by atoms with Gasteiger partial charge < -0.3 is 10.1 Å². The largest absolute Gasteiger partial charge is 0.497 e. The fraction of sp³-hybridized carbons (Fsp3) is 0.381. The molecule has 2 aromatic heterocycles. The maximum Gasteiger partial charge on any atom is 0.188 e. The van der Waals surface area contributed by atoms with Crippen molar-refractivity contribution in [3.05, 3.63) is 59.4 Å². The Hall–Kier alpha value is -2.35. The minimum Gasteiger partial charge on any atom is -0.497 e. The number of aromatic nitrogens is 3. The number of benzene rings is 1. The second-order valence-electron chi connectivity index (χ2n) is 6.88. The van der Waals surface area contributed by atoms with Crippen LogP contribution >= 0.6 is 11.3 Å². The molecule has 3 heterocycles. The van der Waals surface area contributed by atoms with Gasteiger partial charge in [-0.2, -0.15) is 0 Å². The van der Waals surface area contributed by atoms with E-state index in [-0.39, 0.29) is 0 Å². The lowest BCUT2D eigenvalue weighted by Crippen LogP contribution is -2.34. The Morgan fingerprint density at radius 3 is 2.79 bits per heavy atom. The highest BCUT2D eigenvalue weighted by Gasteiger charge is 2.23. The molecule has 1 aliphatic heterocycles. The standard InChI is InChI=1S/C21H25N5OS/c1-27-18-7-4-6-16(12-18)19(26-10-2-3-11-26)14-22-13-17-15-28-21(25-17)20-23-8-5-9-24-20/h4-9,12,15,19,22H,2-3,10-11,13-14H2,1H3. The number of nitrogens with zero attached hydrogens (tertiary/aromatic N) is 4. The Balaban J connectivity index is 1.41. The molecule has 1 aliphatic rings. The first-order valence-corrected chi connectivity index (χ1v) is 10.5. The normalized spacial score (nSPS) is 15.6. The lowest BCUT2D eigenvalue weighted by molar-refractivity contribution is 0.237. The summed E-state index contributed by atoms with van der Waals surface area (Å²) in [6.07, 6.45) is 6.03. The first kappa shape index (κ1) is 19.0. The van der Waals surface area contributed by atoms with Crippen molar-refractivity contribution in [2.75, 3.05) is 26.7 Å². The van der Waals surface area contributed by atoms with Crippen molar-refractivity contribution in [1.29, 1.82) is 0 Å². The Labute approximate surface area is 169 Å². The lowest BCUT2D eigenvalue weighted by atomic mass is 10.0. The first-order chi connectivity index (χ1) is 13.8.